The molecule has 108 valence electrons. The predicted octanol–water partition coefficient (Wildman–Crippen LogP) is 0.589. The third-order valence-electron chi connectivity index (χ3n) is 2.74. The molecule has 0 radical (unpaired) electrons. The van der Waals surface area contributed by atoms with Gasteiger partial charge < -0.3 is 9.67 Å². The maximum absolute atomic E-state index is 11.8. The van der Waals surface area contributed by atoms with Crippen LogP contribution in [0.3, 0.4) is 0 Å². The topological polar surface area (TPSA) is 101 Å². The molecule has 0 aliphatic carbocycles. The molecule has 1 heterocycles. The van der Waals surface area contributed by atoms with Crippen molar-refractivity contribution < 1.29 is 18.3 Å². The first-order valence-electron chi connectivity index (χ1n) is 6.00. The Kier molecular flexibility index (Phi) is 5.49. The first-order valence-corrected chi connectivity index (χ1v) is 7.49. The maximum atomic E-state index is 11.8. The Morgan fingerprint density at radius 3 is 2.74 bits per heavy atom. The highest BCUT2D eigenvalue weighted by Gasteiger charge is 2.16. The number of imidazole rings is 1. The average molecular weight is 289 g/mol. The number of nitrogens with zero attached hydrogens (tertiary/aromatic N) is 2. The van der Waals surface area contributed by atoms with Gasteiger partial charge in [0.2, 0.25) is 0 Å². The van der Waals surface area contributed by atoms with Gasteiger partial charge in [-0.25, -0.2) is 18.1 Å². The second-order valence-corrected chi connectivity index (χ2v) is 6.32. The van der Waals surface area contributed by atoms with Crippen LogP contribution >= 0.6 is 0 Å². The molecule has 0 saturated carbocycles. The monoisotopic (exact) mass is 289 g/mol. The Morgan fingerprint density at radius 1 is 1.53 bits per heavy atom. The van der Waals surface area contributed by atoms with E-state index in [4.69, 9.17) is 5.11 Å². The van der Waals surface area contributed by atoms with Crippen LogP contribution < -0.4 is 4.72 Å². The Hall–Kier alpha value is -1.41. The molecule has 0 aliphatic heterocycles. The van der Waals surface area contributed by atoms with Crippen molar-refractivity contribution in [1.29, 1.82) is 0 Å². The van der Waals surface area contributed by atoms with Crippen LogP contribution in [0.25, 0.3) is 0 Å². The smallest absolute Gasteiger partial charge is 0.303 e. The molecular formula is C11H19N3O4S. The highest BCUT2D eigenvalue weighted by molar-refractivity contribution is 7.89. The molecule has 0 spiro atoms. The number of carbonyl (C=O) groups is 1. The molecule has 0 amide bonds. The molecule has 0 aromatic carbocycles. The number of carboxylic acids is 1. The number of sulfonamides is 1. The van der Waals surface area contributed by atoms with Gasteiger partial charge in [-0.2, -0.15) is 0 Å². The van der Waals surface area contributed by atoms with Crippen molar-refractivity contribution >= 4 is 16.0 Å². The number of aliphatic carboxylic acids is 1. The van der Waals surface area contributed by atoms with E-state index in [-0.39, 0.29) is 23.9 Å². The lowest BCUT2D eigenvalue weighted by atomic mass is 10.0. The molecular weight excluding hydrogens is 270 g/mol. The largest absolute Gasteiger partial charge is 0.481 e. The van der Waals surface area contributed by atoms with Crippen molar-refractivity contribution in [1.82, 2.24) is 14.3 Å². The van der Waals surface area contributed by atoms with E-state index in [2.05, 4.69) is 9.71 Å². The molecule has 0 fully saturated rings. The molecule has 1 unspecified atom stereocenters. The van der Waals surface area contributed by atoms with Crippen molar-refractivity contribution in [3.63, 3.8) is 0 Å². The predicted molar refractivity (Wildman–Crippen MR) is 69.0 cm³/mol. The van der Waals surface area contributed by atoms with Crippen LogP contribution in [0.1, 0.15) is 26.2 Å². The van der Waals surface area contributed by atoms with Crippen LogP contribution in [0.15, 0.2) is 17.6 Å². The Balaban J connectivity index is 2.38. The number of aromatic nitrogens is 2. The van der Waals surface area contributed by atoms with Gasteiger partial charge in [0.15, 0.2) is 5.03 Å². The van der Waals surface area contributed by atoms with Gasteiger partial charge in [-0.3, -0.25) is 4.79 Å². The van der Waals surface area contributed by atoms with Crippen LogP contribution in [-0.2, 0) is 21.9 Å². The van der Waals surface area contributed by atoms with E-state index in [1.54, 1.807) is 11.6 Å². The second kappa shape index (κ2) is 6.67. The lowest BCUT2D eigenvalue weighted by Crippen LogP contribution is -2.26. The van der Waals surface area contributed by atoms with E-state index in [9.17, 15) is 13.2 Å². The fourth-order valence-corrected chi connectivity index (χ4v) is 2.58. The highest BCUT2D eigenvalue weighted by atomic mass is 32.2. The lowest BCUT2D eigenvalue weighted by molar-refractivity contribution is -0.137. The van der Waals surface area contributed by atoms with E-state index in [0.717, 1.165) is 0 Å². The van der Waals surface area contributed by atoms with Crippen LogP contribution in [0, 0.1) is 5.92 Å². The molecule has 1 aromatic rings. The van der Waals surface area contributed by atoms with Crippen LogP contribution in [0.4, 0.5) is 0 Å². The Morgan fingerprint density at radius 2 is 2.21 bits per heavy atom. The van der Waals surface area contributed by atoms with Gasteiger partial charge in [-0.1, -0.05) is 6.92 Å². The number of aryl methyl sites for hydroxylation is 1. The summed E-state index contributed by atoms with van der Waals surface area (Å²) in [6.45, 7) is 2.18. The summed E-state index contributed by atoms with van der Waals surface area (Å²) in [7, 11) is -1.87. The normalized spacial score (nSPS) is 13.4. The lowest BCUT2D eigenvalue weighted by Gasteiger charge is -2.10. The van der Waals surface area contributed by atoms with E-state index in [1.807, 2.05) is 6.92 Å². The fraction of sp³-hybridized carbons (Fsp3) is 0.636. The van der Waals surface area contributed by atoms with Gasteiger partial charge >= 0.3 is 5.97 Å². The van der Waals surface area contributed by atoms with Gasteiger partial charge in [-0.05, 0) is 18.8 Å². The summed E-state index contributed by atoms with van der Waals surface area (Å²) in [4.78, 5) is 14.2. The average Bonchev–Trinajstić information content (AvgIpc) is 2.74. The number of nitrogens with one attached hydrogen (secondary N) is 1. The second-order valence-electron chi connectivity index (χ2n) is 4.60. The van der Waals surface area contributed by atoms with Crippen molar-refractivity contribution in [2.24, 2.45) is 13.0 Å². The number of hydrogen-bond donors (Lipinski definition) is 2. The first-order chi connectivity index (χ1) is 8.81. The van der Waals surface area contributed by atoms with Gasteiger partial charge in [0.1, 0.15) is 0 Å². The summed E-state index contributed by atoms with van der Waals surface area (Å²) >= 11 is 0. The summed E-state index contributed by atoms with van der Waals surface area (Å²) in [5.74, 6) is -0.677. The molecule has 1 aromatic heterocycles. The van der Waals surface area contributed by atoms with Gasteiger partial charge in [0.05, 0.1) is 6.33 Å². The zero-order chi connectivity index (χ0) is 14.5. The fourth-order valence-electron chi connectivity index (χ4n) is 1.56. The summed E-state index contributed by atoms with van der Waals surface area (Å²) in [6.07, 6.45) is 4.09. The first kappa shape index (κ1) is 15.6. The summed E-state index contributed by atoms with van der Waals surface area (Å²) in [5, 5.41) is 8.54. The van der Waals surface area contributed by atoms with Gasteiger partial charge in [0, 0.05) is 26.2 Å². The molecule has 2 N–H and O–H groups in total. The summed E-state index contributed by atoms with van der Waals surface area (Å²) in [6, 6.07) is 0. The van der Waals surface area contributed by atoms with Crippen molar-refractivity contribution in [2.45, 2.75) is 31.2 Å². The molecule has 7 nitrogen and oxygen atoms in total. The van der Waals surface area contributed by atoms with E-state index in [1.165, 1.54) is 12.5 Å². The molecule has 8 heteroatoms. The van der Waals surface area contributed by atoms with Crippen molar-refractivity contribution in [2.75, 3.05) is 6.54 Å². The van der Waals surface area contributed by atoms with Gasteiger partial charge in [-0.15, -0.1) is 0 Å². The Bertz CT molecular complexity index is 524. The Labute approximate surface area is 112 Å². The maximum Gasteiger partial charge on any atom is 0.303 e. The minimum Gasteiger partial charge on any atom is -0.481 e. The minimum atomic E-state index is -3.56. The molecule has 1 atom stereocenters. The standard InChI is InChI=1S/C11H19N3O4S/c1-9(3-4-11(15)16)5-6-13-19(17,18)10-7-14(2)8-12-10/h7-9,13H,3-6H2,1-2H3,(H,15,16). The SMILES string of the molecule is CC(CCNS(=O)(=O)c1cn(C)cn1)CCC(=O)O. The molecule has 19 heavy (non-hydrogen) atoms. The zero-order valence-electron chi connectivity index (χ0n) is 11.0. The van der Waals surface area contributed by atoms with E-state index in [0.29, 0.717) is 12.8 Å². The quantitative estimate of drug-likeness (QED) is 0.729. The van der Waals surface area contributed by atoms with E-state index >= 15 is 0 Å². The van der Waals surface area contributed by atoms with Crippen molar-refractivity contribution in [3.8, 4) is 0 Å². The number of rotatable bonds is 8. The summed E-state index contributed by atoms with van der Waals surface area (Å²) in [5.41, 5.74) is 0. The minimum absolute atomic E-state index is 0.00631. The van der Waals surface area contributed by atoms with Gasteiger partial charge in [0.25, 0.3) is 10.0 Å². The van der Waals surface area contributed by atoms with Crippen LogP contribution in [0.5, 0.6) is 0 Å². The highest BCUT2D eigenvalue weighted by Crippen LogP contribution is 2.10. The molecule has 1 rings (SSSR count). The molecule has 0 saturated heterocycles. The molecule has 0 bridgehead atoms. The number of carboxylic acid groups (broad SMARTS) is 1. The third-order valence-corrected chi connectivity index (χ3v) is 4.08. The molecule has 0 aliphatic rings. The zero-order valence-corrected chi connectivity index (χ0v) is 11.9. The van der Waals surface area contributed by atoms with Crippen LogP contribution in [0.2, 0.25) is 0 Å². The van der Waals surface area contributed by atoms with Crippen LogP contribution in [-0.4, -0.2) is 35.6 Å². The van der Waals surface area contributed by atoms with E-state index < -0.39 is 16.0 Å². The third kappa shape index (κ3) is 5.39. The van der Waals surface area contributed by atoms with Crippen molar-refractivity contribution in [3.05, 3.63) is 12.5 Å². The summed E-state index contributed by atoms with van der Waals surface area (Å²) < 4.78 is 27.6. The number of hydrogen-bond acceptors (Lipinski definition) is 4.